The molecular formula is C19H13ClF3N3OS. The molecule has 0 N–H and O–H groups in total. The lowest BCUT2D eigenvalue weighted by atomic mass is 10.2. The highest BCUT2D eigenvalue weighted by Gasteiger charge is 2.31. The second-order valence-corrected chi connectivity index (χ2v) is 7.66. The number of rotatable bonds is 2. The van der Waals surface area contributed by atoms with E-state index in [2.05, 4.69) is 4.99 Å². The zero-order chi connectivity index (χ0) is 19.9. The first-order chi connectivity index (χ1) is 13.3. The van der Waals surface area contributed by atoms with Crippen LogP contribution in [0, 0.1) is 0 Å². The van der Waals surface area contributed by atoms with E-state index in [9.17, 15) is 18.0 Å². The summed E-state index contributed by atoms with van der Waals surface area (Å²) in [5, 5.41) is 0.565. The molecule has 144 valence electrons. The third kappa shape index (κ3) is 3.70. The summed E-state index contributed by atoms with van der Waals surface area (Å²) in [6.45, 7) is 0.316. The summed E-state index contributed by atoms with van der Waals surface area (Å²) in [7, 11) is 0. The number of halogens is 4. The molecule has 0 radical (unpaired) electrons. The minimum atomic E-state index is -4.42. The predicted octanol–water partition coefficient (Wildman–Crippen LogP) is 3.47. The van der Waals surface area contributed by atoms with E-state index in [1.807, 2.05) is 6.07 Å². The number of anilines is 1. The van der Waals surface area contributed by atoms with Gasteiger partial charge in [-0.15, -0.1) is 0 Å². The van der Waals surface area contributed by atoms with E-state index in [-0.39, 0.29) is 18.9 Å². The molecule has 0 atom stereocenters. The predicted molar refractivity (Wildman–Crippen MR) is 103 cm³/mol. The molecule has 0 fully saturated rings. The molecule has 28 heavy (non-hydrogen) atoms. The Morgan fingerprint density at radius 2 is 1.93 bits per heavy atom. The van der Waals surface area contributed by atoms with Gasteiger partial charge in [0, 0.05) is 10.7 Å². The lowest BCUT2D eigenvalue weighted by Crippen LogP contribution is -2.42. The van der Waals surface area contributed by atoms with Crippen molar-refractivity contribution in [2.75, 3.05) is 11.6 Å². The summed E-state index contributed by atoms with van der Waals surface area (Å²) in [6, 6.07) is 12.1. The summed E-state index contributed by atoms with van der Waals surface area (Å²) < 4.78 is 40.9. The second kappa shape index (κ2) is 7.10. The molecule has 1 aliphatic rings. The Hall–Kier alpha value is -2.58. The van der Waals surface area contributed by atoms with Crippen LogP contribution in [0.25, 0.3) is 6.08 Å². The van der Waals surface area contributed by atoms with Crippen LogP contribution in [0.3, 0.4) is 0 Å². The number of alkyl halides is 3. The van der Waals surface area contributed by atoms with Crippen molar-refractivity contribution in [2.24, 2.45) is 4.99 Å². The minimum absolute atomic E-state index is 0.138. The zero-order valence-corrected chi connectivity index (χ0v) is 15.9. The lowest BCUT2D eigenvalue weighted by Gasteiger charge is -2.26. The van der Waals surface area contributed by atoms with E-state index in [1.165, 1.54) is 22.0 Å². The van der Waals surface area contributed by atoms with Crippen molar-refractivity contribution >= 4 is 34.7 Å². The van der Waals surface area contributed by atoms with Gasteiger partial charge < -0.3 is 4.90 Å². The molecule has 4 rings (SSSR count). The fraction of sp³-hybridized carbons (Fsp3) is 0.158. The Kier molecular flexibility index (Phi) is 4.76. The van der Waals surface area contributed by atoms with Gasteiger partial charge >= 0.3 is 6.18 Å². The molecule has 4 nitrogen and oxygen atoms in total. The Labute approximate surface area is 166 Å². The van der Waals surface area contributed by atoms with E-state index >= 15 is 0 Å². The normalized spacial score (nSPS) is 14.7. The van der Waals surface area contributed by atoms with Gasteiger partial charge in [0.25, 0.3) is 5.56 Å². The number of benzene rings is 2. The maximum atomic E-state index is 13.0. The van der Waals surface area contributed by atoms with Gasteiger partial charge in [-0.2, -0.15) is 13.2 Å². The number of nitrogens with zero attached hydrogens (tertiary/aromatic N) is 3. The third-order valence-electron chi connectivity index (χ3n) is 4.26. The molecule has 3 aromatic rings. The molecule has 2 aromatic carbocycles. The average Bonchev–Trinajstić information content (AvgIpc) is 2.96. The van der Waals surface area contributed by atoms with Crippen LogP contribution in [0.5, 0.6) is 0 Å². The summed E-state index contributed by atoms with van der Waals surface area (Å²) in [5.41, 5.74) is 0.185. The fourth-order valence-corrected chi connectivity index (χ4v) is 4.06. The molecule has 0 saturated carbocycles. The Balaban J connectivity index is 1.69. The van der Waals surface area contributed by atoms with Crippen molar-refractivity contribution < 1.29 is 13.2 Å². The van der Waals surface area contributed by atoms with Crippen LogP contribution < -0.4 is 19.8 Å². The molecule has 0 amide bonds. The maximum absolute atomic E-state index is 13.0. The third-order valence-corrected chi connectivity index (χ3v) is 5.54. The number of hydrogen-bond donors (Lipinski definition) is 0. The molecule has 9 heteroatoms. The van der Waals surface area contributed by atoms with E-state index in [4.69, 9.17) is 11.6 Å². The van der Waals surface area contributed by atoms with E-state index in [1.54, 1.807) is 35.2 Å². The van der Waals surface area contributed by atoms with E-state index in [0.29, 0.717) is 20.0 Å². The van der Waals surface area contributed by atoms with E-state index in [0.717, 1.165) is 17.7 Å². The molecule has 0 spiro atoms. The van der Waals surface area contributed by atoms with Gasteiger partial charge in [0.1, 0.15) is 13.3 Å². The summed E-state index contributed by atoms with van der Waals surface area (Å²) in [4.78, 5) is 19.3. The van der Waals surface area contributed by atoms with Crippen molar-refractivity contribution in [3.05, 3.63) is 84.4 Å². The van der Waals surface area contributed by atoms with Crippen LogP contribution in [-0.2, 0) is 12.8 Å². The second-order valence-electron chi connectivity index (χ2n) is 6.21. The Morgan fingerprint density at radius 3 is 2.68 bits per heavy atom. The van der Waals surface area contributed by atoms with Gasteiger partial charge in [0.15, 0.2) is 4.80 Å². The van der Waals surface area contributed by atoms with Gasteiger partial charge in [0.05, 0.1) is 10.1 Å². The quantitative estimate of drug-likeness (QED) is 0.633. The summed E-state index contributed by atoms with van der Waals surface area (Å²) >= 11 is 7.22. The first-order valence-electron chi connectivity index (χ1n) is 8.25. The molecule has 0 unspecified atom stereocenters. The topological polar surface area (TPSA) is 37.6 Å². The lowest BCUT2D eigenvalue weighted by molar-refractivity contribution is -0.137. The van der Waals surface area contributed by atoms with Gasteiger partial charge in [-0.1, -0.05) is 41.1 Å². The van der Waals surface area contributed by atoms with E-state index < -0.39 is 11.7 Å². The highest BCUT2D eigenvalue weighted by atomic mass is 35.5. The number of fused-ring (bicyclic) bond motifs is 1. The largest absolute Gasteiger partial charge is 0.416 e. The van der Waals surface area contributed by atoms with Gasteiger partial charge in [0.2, 0.25) is 0 Å². The minimum Gasteiger partial charge on any atom is -0.334 e. The first-order valence-corrected chi connectivity index (χ1v) is 9.44. The van der Waals surface area contributed by atoms with Crippen LogP contribution in [0.1, 0.15) is 11.1 Å². The zero-order valence-electron chi connectivity index (χ0n) is 14.3. The smallest absolute Gasteiger partial charge is 0.334 e. The number of hydrogen-bond acceptors (Lipinski definition) is 4. The first kappa shape index (κ1) is 18.8. The van der Waals surface area contributed by atoms with Crippen molar-refractivity contribution in [2.45, 2.75) is 12.8 Å². The van der Waals surface area contributed by atoms with Crippen LogP contribution in [-0.4, -0.2) is 11.2 Å². The fourth-order valence-electron chi connectivity index (χ4n) is 2.90. The molecule has 2 heterocycles. The Morgan fingerprint density at radius 1 is 1.14 bits per heavy atom. The maximum Gasteiger partial charge on any atom is 0.416 e. The van der Waals surface area contributed by atoms with Crippen molar-refractivity contribution in [1.29, 1.82) is 0 Å². The standard InChI is InChI=1S/C19H13ClF3N3OS/c20-14-5-1-3-12(7-14)8-16-17(27)26-11-25(10-24-18(26)28-16)15-6-2-4-13(9-15)19(21,22)23/h1-9H,10-11H2/b16-8-. The van der Waals surface area contributed by atoms with Crippen molar-refractivity contribution in [1.82, 2.24) is 4.57 Å². The average molecular weight is 424 g/mol. The number of aromatic nitrogens is 1. The van der Waals surface area contributed by atoms with Gasteiger partial charge in [-0.3, -0.25) is 9.36 Å². The molecule has 0 bridgehead atoms. The molecule has 0 saturated heterocycles. The van der Waals surface area contributed by atoms with Crippen LogP contribution >= 0.6 is 22.9 Å². The van der Waals surface area contributed by atoms with Crippen LogP contribution in [0.15, 0.2) is 58.3 Å². The highest BCUT2D eigenvalue weighted by molar-refractivity contribution is 7.07. The van der Waals surface area contributed by atoms with Crippen molar-refractivity contribution in [3.8, 4) is 0 Å². The van der Waals surface area contributed by atoms with Crippen LogP contribution in [0.2, 0.25) is 5.02 Å². The molecule has 1 aromatic heterocycles. The summed E-state index contributed by atoms with van der Waals surface area (Å²) in [5.74, 6) is 0. The molecule has 1 aliphatic heterocycles. The van der Waals surface area contributed by atoms with Crippen molar-refractivity contribution in [3.63, 3.8) is 0 Å². The number of thiazole rings is 1. The molecular weight excluding hydrogens is 411 g/mol. The van der Waals surface area contributed by atoms with Gasteiger partial charge in [-0.05, 0) is 42.0 Å². The molecule has 0 aliphatic carbocycles. The highest BCUT2D eigenvalue weighted by Crippen LogP contribution is 2.31. The SMILES string of the molecule is O=c1/c(=C/c2cccc(Cl)c2)sc2n1CN(c1cccc(C(F)(F)F)c1)CN=2. The van der Waals surface area contributed by atoms with Crippen LogP contribution in [0.4, 0.5) is 18.9 Å². The monoisotopic (exact) mass is 423 g/mol. The Bertz CT molecular complexity index is 1220. The summed E-state index contributed by atoms with van der Waals surface area (Å²) in [6.07, 6.45) is -2.69. The van der Waals surface area contributed by atoms with Gasteiger partial charge in [-0.25, -0.2) is 4.99 Å².